The highest BCUT2D eigenvalue weighted by molar-refractivity contribution is 5.81. The number of benzene rings is 1. The van der Waals surface area contributed by atoms with Crippen LogP contribution in [-0.2, 0) is 15.7 Å². The number of amides is 1. The molecule has 1 heterocycles. The Morgan fingerprint density at radius 1 is 1.33 bits per heavy atom. The third kappa shape index (κ3) is 5.79. The van der Waals surface area contributed by atoms with Crippen molar-refractivity contribution in [1.82, 2.24) is 5.32 Å². The van der Waals surface area contributed by atoms with E-state index in [-0.39, 0.29) is 30.6 Å². The maximum atomic E-state index is 12.7. The van der Waals surface area contributed by atoms with Gasteiger partial charge in [-0.1, -0.05) is 0 Å². The molecule has 150 valence electrons. The van der Waals surface area contributed by atoms with Gasteiger partial charge in [-0.2, -0.15) is 13.2 Å². The van der Waals surface area contributed by atoms with E-state index in [4.69, 9.17) is 10.5 Å². The molecule has 1 atom stereocenters. The minimum absolute atomic E-state index is 0.0303. The predicted octanol–water partition coefficient (Wildman–Crippen LogP) is 1.90. The van der Waals surface area contributed by atoms with Gasteiger partial charge in [0, 0.05) is 32.4 Å². The number of hydrogen-bond acceptors (Lipinski definition) is 6. The minimum Gasteiger partial charge on any atom is -0.381 e. The predicted molar refractivity (Wildman–Crippen MR) is 91.1 cm³/mol. The molecular weight excluding hydrogens is 369 g/mol. The maximum absolute atomic E-state index is 12.7. The molecule has 0 radical (unpaired) electrons. The number of nitro benzene ring substituents is 1. The maximum Gasteiger partial charge on any atom is 0.416 e. The molecule has 0 aromatic heterocycles. The van der Waals surface area contributed by atoms with Crippen LogP contribution in [0.3, 0.4) is 0 Å². The second kappa shape index (κ2) is 9.00. The fourth-order valence-electron chi connectivity index (χ4n) is 2.80. The molecule has 1 aromatic rings. The average Bonchev–Trinajstić information content (AvgIpc) is 2.64. The third-order valence-electron chi connectivity index (χ3n) is 4.34. The average molecular weight is 390 g/mol. The van der Waals surface area contributed by atoms with Crippen LogP contribution >= 0.6 is 0 Å². The molecule has 11 heteroatoms. The summed E-state index contributed by atoms with van der Waals surface area (Å²) in [6.45, 7) is 1.34. The molecule has 1 fully saturated rings. The summed E-state index contributed by atoms with van der Waals surface area (Å²) >= 11 is 0. The number of nitrogens with one attached hydrogen (secondary N) is 2. The van der Waals surface area contributed by atoms with Gasteiger partial charge in [-0.15, -0.1) is 0 Å². The van der Waals surface area contributed by atoms with Gasteiger partial charge in [0.25, 0.3) is 5.69 Å². The smallest absolute Gasteiger partial charge is 0.381 e. The Bertz CT molecular complexity index is 678. The summed E-state index contributed by atoms with van der Waals surface area (Å²) in [5, 5.41) is 16.3. The van der Waals surface area contributed by atoms with Gasteiger partial charge in [-0.25, -0.2) is 0 Å². The number of ether oxygens (including phenoxy) is 1. The van der Waals surface area contributed by atoms with Gasteiger partial charge < -0.3 is 21.1 Å². The molecule has 8 nitrogen and oxygen atoms in total. The highest BCUT2D eigenvalue weighted by Gasteiger charge is 2.33. The lowest BCUT2D eigenvalue weighted by Gasteiger charge is -2.26. The van der Waals surface area contributed by atoms with Crippen molar-refractivity contribution in [3.8, 4) is 0 Å². The van der Waals surface area contributed by atoms with Gasteiger partial charge in [0.1, 0.15) is 5.69 Å². The number of nitro groups is 1. The first kappa shape index (κ1) is 20.9. The van der Waals surface area contributed by atoms with Crippen LogP contribution < -0.4 is 16.4 Å². The third-order valence-corrected chi connectivity index (χ3v) is 4.34. The summed E-state index contributed by atoms with van der Waals surface area (Å²) in [5.74, 6) is -0.312. The minimum atomic E-state index is -4.67. The van der Waals surface area contributed by atoms with Crippen molar-refractivity contribution in [3.63, 3.8) is 0 Å². The van der Waals surface area contributed by atoms with E-state index in [1.54, 1.807) is 0 Å². The Kier molecular flexibility index (Phi) is 6.97. The lowest BCUT2D eigenvalue weighted by molar-refractivity contribution is -0.384. The molecule has 0 aliphatic carbocycles. The second-order valence-electron chi connectivity index (χ2n) is 6.18. The largest absolute Gasteiger partial charge is 0.416 e. The van der Waals surface area contributed by atoms with Crippen LogP contribution in [0.15, 0.2) is 18.2 Å². The number of halogens is 3. The summed E-state index contributed by atoms with van der Waals surface area (Å²) in [5.41, 5.74) is 4.08. The number of anilines is 1. The van der Waals surface area contributed by atoms with Gasteiger partial charge in [0.05, 0.1) is 16.5 Å². The summed E-state index contributed by atoms with van der Waals surface area (Å²) in [4.78, 5) is 22.2. The fourth-order valence-corrected chi connectivity index (χ4v) is 2.80. The molecule has 0 bridgehead atoms. The van der Waals surface area contributed by atoms with Gasteiger partial charge in [0.15, 0.2) is 0 Å². The van der Waals surface area contributed by atoms with Gasteiger partial charge in [-0.3, -0.25) is 14.9 Å². The van der Waals surface area contributed by atoms with Crippen LogP contribution in [-0.4, -0.2) is 43.2 Å². The van der Waals surface area contributed by atoms with Crippen LogP contribution in [0.5, 0.6) is 0 Å². The van der Waals surface area contributed by atoms with E-state index in [9.17, 15) is 28.1 Å². The summed E-state index contributed by atoms with van der Waals surface area (Å²) in [6, 6.07) is 1.56. The molecule has 1 aromatic carbocycles. The zero-order valence-electron chi connectivity index (χ0n) is 14.4. The number of carbonyl (C=O) groups is 1. The topological polar surface area (TPSA) is 120 Å². The molecule has 1 aliphatic heterocycles. The molecule has 27 heavy (non-hydrogen) atoms. The van der Waals surface area contributed by atoms with E-state index in [1.165, 1.54) is 0 Å². The summed E-state index contributed by atoms with van der Waals surface area (Å²) in [6.07, 6.45) is -3.27. The molecule has 0 spiro atoms. The SMILES string of the molecule is NC(C(=O)NCCNc1ccc(C(F)(F)F)cc1[N+](=O)[O-])C1CCOCC1. The van der Waals surface area contributed by atoms with Crippen molar-refractivity contribution in [1.29, 1.82) is 0 Å². The summed E-state index contributed by atoms with van der Waals surface area (Å²) in [7, 11) is 0. The molecule has 1 amide bonds. The zero-order chi connectivity index (χ0) is 20.0. The Balaban J connectivity index is 1.87. The normalized spacial score (nSPS) is 16.6. The number of alkyl halides is 3. The van der Waals surface area contributed by atoms with Crippen molar-refractivity contribution >= 4 is 17.3 Å². The van der Waals surface area contributed by atoms with E-state index in [0.717, 1.165) is 12.1 Å². The Morgan fingerprint density at radius 2 is 2.00 bits per heavy atom. The first-order valence-electron chi connectivity index (χ1n) is 8.40. The lowest BCUT2D eigenvalue weighted by Crippen LogP contribution is -2.48. The van der Waals surface area contributed by atoms with Crippen molar-refractivity contribution in [2.24, 2.45) is 11.7 Å². The molecular formula is C16H21F3N4O4. The lowest BCUT2D eigenvalue weighted by atomic mass is 9.92. The summed E-state index contributed by atoms with van der Waals surface area (Å²) < 4.78 is 43.2. The highest BCUT2D eigenvalue weighted by Crippen LogP contribution is 2.34. The Morgan fingerprint density at radius 3 is 2.59 bits per heavy atom. The molecule has 1 unspecified atom stereocenters. The van der Waals surface area contributed by atoms with Gasteiger partial charge in [0.2, 0.25) is 5.91 Å². The molecule has 2 rings (SSSR count). The number of carbonyl (C=O) groups excluding carboxylic acids is 1. The van der Waals surface area contributed by atoms with Crippen molar-refractivity contribution in [2.75, 3.05) is 31.6 Å². The first-order valence-corrected chi connectivity index (χ1v) is 8.40. The van der Waals surface area contributed by atoms with Crippen molar-refractivity contribution in [3.05, 3.63) is 33.9 Å². The Labute approximate surface area is 153 Å². The van der Waals surface area contributed by atoms with Crippen molar-refractivity contribution < 1.29 is 27.6 Å². The quantitative estimate of drug-likeness (QED) is 0.372. The number of nitrogens with zero attached hydrogens (tertiary/aromatic N) is 1. The van der Waals surface area contributed by atoms with E-state index < -0.39 is 28.4 Å². The second-order valence-corrected chi connectivity index (χ2v) is 6.18. The molecule has 0 saturated carbocycles. The van der Waals surface area contributed by atoms with Crippen LogP contribution in [0.4, 0.5) is 24.5 Å². The molecule has 4 N–H and O–H groups in total. The first-order chi connectivity index (χ1) is 12.7. The van der Waals surface area contributed by atoms with E-state index in [1.807, 2.05) is 0 Å². The monoisotopic (exact) mass is 390 g/mol. The van der Waals surface area contributed by atoms with Gasteiger partial charge in [-0.05, 0) is 30.9 Å². The highest BCUT2D eigenvalue weighted by atomic mass is 19.4. The molecule has 1 saturated heterocycles. The van der Waals surface area contributed by atoms with E-state index >= 15 is 0 Å². The van der Waals surface area contributed by atoms with Crippen LogP contribution in [0.2, 0.25) is 0 Å². The van der Waals surface area contributed by atoms with Crippen LogP contribution in [0.1, 0.15) is 18.4 Å². The van der Waals surface area contributed by atoms with Crippen LogP contribution in [0.25, 0.3) is 0 Å². The number of hydrogen-bond donors (Lipinski definition) is 3. The Hall–Kier alpha value is -2.40. The van der Waals surface area contributed by atoms with Crippen LogP contribution in [0, 0.1) is 16.0 Å². The standard InChI is InChI=1S/C16H21F3N4O4/c17-16(18,19)11-1-2-12(13(9-11)23(25)26)21-5-6-22-15(24)14(20)10-3-7-27-8-4-10/h1-2,9-10,14,21H,3-8,20H2,(H,22,24). The van der Waals surface area contributed by atoms with E-state index in [2.05, 4.69) is 10.6 Å². The van der Waals surface area contributed by atoms with Crippen molar-refractivity contribution in [2.45, 2.75) is 25.1 Å². The molecule has 1 aliphatic rings. The number of rotatable bonds is 7. The fraction of sp³-hybridized carbons (Fsp3) is 0.562. The van der Waals surface area contributed by atoms with E-state index in [0.29, 0.717) is 32.1 Å². The van der Waals surface area contributed by atoms with Gasteiger partial charge >= 0.3 is 6.18 Å². The zero-order valence-corrected chi connectivity index (χ0v) is 14.4. The number of nitrogens with two attached hydrogens (primary N) is 1.